The van der Waals surface area contributed by atoms with E-state index in [0.717, 1.165) is 11.3 Å². The van der Waals surface area contributed by atoms with Crippen LogP contribution in [0.25, 0.3) is 0 Å². The van der Waals surface area contributed by atoms with E-state index < -0.39 is 0 Å². The average Bonchev–Trinajstić information content (AvgIpc) is 2.94. The second-order valence-corrected chi connectivity index (χ2v) is 5.99. The summed E-state index contributed by atoms with van der Waals surface area (Å²) in [5, 5.41) is 2.94. The topological polar surface area (TPSA) is 49.4 Å². The van der Waals surface area contributed by atoms with Gasteiger partial charge in [0.2, 0.25) is 5.91 Å². The fourth-order valence-corrected chi connectivity index (χ4v) is 2.90. The molecule has 118 valence electrons. The van der Waals surface area contributed by atoms with Crippen molar-refractivity contribution < 1.29 is 9.59 Å². The molecule has 1 N–H and O–H groups in total. The number of nitrogens with one attached hydrogen (secondary N) is 1. The Labute approximate surface area is 136 Å². The first-order valence-corrected chi connectivity index (χ1v) is 7.84. The Kier molecular flexibility index (Phi) is 4.42. The lowest BCUT2D eigenvalue weighted by Gasteiger charge is -2.16. The summed E-state index contributed by atoms with van der Waals surface area (Å²) in [6.07, 6.45) is 0.475. The summed E-state index contributed by atoms with van der Waals surface area (Å²) in [4.78, 5) is 26.1. The van der Waals surface area contributed by atoms with Crippen LogP contribution in [0.1, 0.15) is 22.3 Å². The molecule has 1 heterocycles. The van der Waals surface area contributed by atoms with Gasteiger partial charge in [-0.15, -0.1) is 0 Å². The predicted octanol–water partition coefficient (Wildman–Crippen LogP) is 2.78. The second kappa shape index (κ2) is 6.65. The fraction of sp³-hybridized carbons (Fsp3) is 0.263. The molecule has 3 rings (SSSR count). The molecular weight excluding hydrogens is 288 g/mol. The SMILES string of the molecule is Cc1cccc(C(=O)NC[C@@H]2CC(=O)N(c3ccccc3)C2)c1. The van der Waals surface area contributed by atoms with E-state index in [1.54, 1.807) is 11.0 Å². The summed E-state index contributed by atoms with van der Waals surface area (Å²) in [5.41, 5.74) is 2.64. The molecule has 4 nitrogen and oxygen atoms in total. The van der Waals surface area contributed by atoms with Crippen molar-refractivity contribution in [1.29, 1.82) is 0 Å². The smallest absolute Gasteiger partial charge is 0.251 e. The minimum absolute atomic E-state index is 0.0840. The first-order chi connectivity index (χ1) is 11.1. The van der Waals surface area contributed by atoms with Gasteiger partial charge in [-0.2, -0.15) is 0 Å². The Balaban J connectivity index is 1.58. The number of hydrogen-bond acceptors (Lipinski definition) is 2. The van der Waals surface area contributed by atoms with Crippen molar-refractivity contribution in [3.8, 4) is 0 Å². The second-order valence-electron chi connectivity index (χ2n) is 5.99. The number of carbonyl (C=O) groups excluding carboxylic acids is 2. The van der Waals surface area contributed by atoms with E-state index in [4.69, 9.17) is 0 Å². The average molecular weight is 308 g/mol. The number of para-hydroxylation sites is 1. The molecule has 1 aliphatic rings. The number of nitrogens with zero attached hydrogens (tertiary/aromatic N) is 1. The van der Waals surface area contributed by atoms with E-state index in [2.05, 4.69) is 5.32 Å². The van der Waals surface area contributed by atoms with Gasteiger partial charge in [0.05, 0.1) is 0 Å². The largest absolute Gasteiger partial charge is 0.352 e. The van der Waals surface area contributed by atoms with Crippen LogP contribution in [0.5, 0.6) is 0 Å². The Hall–Kier alpha value is -2.62. The highest BCUT2D eigenvalue weighted by atomic mass is 16.2. The first kappa shape index (κ1) is 15.3. The van der Waals surface area contributed by atoms with E-state index >= 15 is 0 Å². The zero-order chi connectivity index (χ0) is 16.2. The van der Waals surface area contributed by atoms with Gasteiger partial charge in [0.25, 0.3) is 5.91 Å². The van der Waals surface area contributed by atoms with Gasteiger partial charge in [-0.25, -0.2) is 0 Å². The zero-order valence-electron chi connectivity index (χ0n) is 13.2. The number of hydrogen-bond donors (Lipinski definition) is 1. The summed E-state index contributed by atoms with van der Waals surface area (Å²) in [7, 11) is 0. The monoisotopic (exact) mass is 308 g/mol. The molecule has 2 aromatic rings. The number of benzene rings is 2. The molecule has 1 saturated heterocycles. The van der Waals surface area contributed by atoms with Crippen LogP contribution >= 0.6 is 0 Å². The van der Waals surface area contributed by atoms with E-state index in [-0.39, 0.29) is 17.7 Å². The number of aryl methyl sites for hydroxylation is 1. The van der Waals surface area contributed by atoms with Gasteiger partial charge in [0.15, 0.2) is 0 Å². The molecule has 0 saturated carbocycles. The summed E-state index contributed by atoms with van der Waals surface area (Å²) in [6, 6.07) is 17.2. The van der Waals surface area contributed by atoms with Crippen molar-refractivity contribution in [1.82, 2.24) is 5.32 Å². The van der Waals surface area contributed by atoms with Gasteiger partial charge in [0.1, 0.15) is 0 Å². The van der Waals surface area contributed by atoms with Crippen LogP contribution < -0.4 is 10.2 Å². The van der Waals surface area contributed by atoms with Crippen LogP contribution in [-0.2, 0) is 4.79 Å². The summed E-state index contributed by atoms with van der Waals surface area (Å²) < 4.78 is 0. The predicted molar refractivity (Wildman–Crippen MR) is 90.4 cm³/mol. The minimum atomic E-state index is -0.0840. The van der Waals surface area contributed by atoms with E-state index in [1.807, 2.05) is 55.5 Å². The molecule has 0 aromatic heterocycles. The Bertz CT molecular complexity index is 712. The number of rotatable bonds is 4. The molecule has 1 atom stereocenters. The van der Waals surface area contributed by atoms with Gasteiger partial charge in [0, 0.05) is 36.7 Å². The summed E-state index contributed by atoms with van der Waals surface area (Å²) in [5.74, 6) is 0.182. The van der Waals surface area contributed by atoms with Gasteiger partial charge in [-0.3, -0.25) is 9.59 Å². The van der Waals surface area contributed by atoms with Gasteiger partial charge < -0.3 is 10.2 Å². The molecule has 0 aliphatic carbocycles. The molecule has 23 heavy (non-hydrogen) atoms. The fourth-order valence-electron chi connectivity index (χ4n) is 2.90. The van der Waals surface area contributed by atoms with Crippen molar-refractivity contribution >= 4 is 17.5 Å². The van der Waals surface area contributed by atoms with Crippen LogP contribution in [0.4, 0.5) is 5.69 Å². The maximum atomic E-state index is 12.2. The first-order valence-electron chi connectivity index (χ1n) is 7.84. The highest BCUT2D eigenvalue weighted by Gasteiger charge is 2.30. The quantitative estimate of drug-likeness (QED) is 0.944. The van der Waals surface area contributed by atoms with Crippen molar-refractivity contribution in [3.05, 3.63) is 65.7 Å². The molecule has 0 bridgehead atoms. The van der Waals surface area contributed by atoms with Crippen LogP contribution in [-0.4, -0.2) is 24.9 Å². The Morgan fingerprint density at radius 1 is 1.17 bits per heavy atom. The Morgan fingerprint density at radius 3 is 2.70 bits per heavy atom. The molecule has 1 fully saturated rings. The lowest BCUT2D eigenvalue weighted by atomic mass is 10.1. The molecule has 1 aliphatic heterocycles. The summed E-state index contributed by atoms with van der Waals surface area (Å²) in [6.45, 7) is 3.13. The van der Waals surface area contributed by atoms with Crippen LogP contribution in [0.15, 0.2) is 54.6 Å². The molecule has 0 radical (unpaired) electrons. The molecule has 0 unspecified atom stereocenters. The minimum Gasteiger partial charge on any atom is -0.352 e. The molecule has 2 aromatic carbocycles. The van der Waals surface area contributed by atoms with Crippen molar-refractivity contribution in [3.63, 3.8) is 0 Å². The number of anilines is 1. The third-order valence-electron chi connectivity index (χ3n) is 4.10. The van der Waals surface area contributed by atoms with Crippen LogP contribution in [0.2, 0.25) is 0 Å². The molecule has 0 spiro atoms. The number of amides is 2. The van der Waals surface area contributed by atoms with Crippen molar-refractivity contribution in [2.24, 2.45) is 5.92 Å². The van der Waals surface area contributed by atoms with Crippen LogP contribution in [0.3, 0.4) is 0 Å². The lowest BCUT2D eigenvalue weighted by molar-refractivity contribution is -0.117. The van der Waals surface area contributed by atoms with Crippen molar-refractivity contribution in [2.75, 3.05) is 18.0 Å². The third-order valence-corrected chi connectivity index (χ3v) is 4.10. The van der Waals surface area contributed by atoms with Gasteiger partial charge in [-0.05, 0) is 31.2 Å². The molecule has 4 heteroatoms. The maximum absolute atomic E-state index is 12.2. The van der Waals surface area contributed by atoms with Gasteiger partial charge in [-0.1, -0.05) is 35.9 Å². The molecular formula is C19H20N2O2. The maximum Gasteiger partial charge on any atom is 0.251 e. The highest BCUT2D eigenvalue weighted by Crippen LogP contribution is 2.24. The van der Waals surface area contributed by atoms with Crippen molar-refractivity contribution in [2.45, 2.75) is 13.3 Å². The normalized spacial score (nSPS) is 17.3. The molecule has 2 amide bonds. The zero-order valence-corrected chi connectivity index (χ0v) is 13.2. The highest BCUT2D eigenvalue weighted by molar-refractivity contribution is 5.96. The van der Waals surface area contributed by atoms with Crippen LogP contribution in [0, 0.1) is 12.8 Å². The van der Waals surface area contributed by atoms with E-state index in [0.29, 0.717) is 25.1 Å². The van der Waals surface area contributed by atoms with E-state index in [1.165, 1.54) is 0 Å². The Morgan fingerprint density at radius 2 is 1.96 bits per heavy atom. The van der Waals surface area contributed by atoms with Gasteiger partial charge >= 0.3 is 0 Å². The standard InChI is InChI=1S/C19H20N2O2/c1-14-6-5-7-16(10-14)19(23)20-12-15-11-18(22)21(13-15)17-8-3-2-4-9-17/h2-10,15H,11-13H2,1H3,(H,20,23)/t15-/m0/s1. The van der Waals surface area contributed by atoms with E-state index in [9.17, 15) is 9.59 Å². The number of carbonyl (C=O) groups is 2. The lowest BCUT2D eigenvalue weighted by Crippen LogP contribution is -2.31. The summed E-state index contributed by atoms with van der Waals surface area (Å²) >= 11 is 0. The third kappa shape index (κ3) is 3.59.